The second-order valence-corrected chi connectivity index (χ2v) is 7.12. The largest absolute Gasteiger partial charge is 0.370 e. The maximum atomic E-state index is 11.9. The van der Waals surface area contributed by atoms with Crippen LogP contribution < -0.4 is 10.0 Å². The number of hydrogen-bond acceptors (Lipinski definition) is 4. The molecule has 1 rings (SSSR count). The molecule has 0 aliphatic carbocycles. The maximum absolute atomic E-state index is 11.9. The molecule has 1 aromatic rings. The van der Waals surface area contributed by atoms with Crippen LogP contribution in [0.1, 0.15) is 27.7 Å². The summed E-state index contributed by atoms with van der Waals surface area (Å²) < 4.78 is 25.4. The second-order valence-electron chi connectivity index (χ2n) is 4.68. The average Bonchev–Trinajstić information content (AvgIpc) is 2.19. The minimum Gasteiger partial charge on any atom is -0.370 e. The number of rotatable bonds is 4. The molecule has 0 radical (unpaired) electrons. The number of pyridine rings is 1. The van der Waals surface area contributed by atoms with Crippen LogP contribution in [0.4, 0.5) is 11.5 Å². The summed E-state index contributed by atoms with van der Waals surface area (Å²) in [6, 6.07) is 3.43. The lowest BCUT2D eigenvalue weighted by atomic mass is 10.3. The van der Waals surface area contributed by atoms with Crippen LogP contribution in [0, 0.1) is 0 Å². The molecular weight excluding hydrogens is 238 g/mol. The van der Waals surface area contributed by atoms with Crippen molar-refractivity contribution in [1.82, 2.24) is 4.98 Å². The highest BCUT2D eigenvalue weighted by molar-refractivity contribution is 7.94. The lowest BCUT2D eigenvalue weighted by Gasteiger charge is -2.20. The van der Waals surface area contributed by atoms with E-state index in [1.165, 1.54) is 6.20 Å². The Hall–Kier alpha value is -1.30. The SMILES string of the molecule is CCNc1ccc(NS(=O)(=O)C(C)(C)C)cn1. The molecule has 0 aliphatic heterocycles. The fourth-order valence-corrected chi connectivity index (χ4v) is 1.79. The maximum Gasteiger partial charge on any atom is 0.237 e. The monoisotopic (exact) mass is 257 g/mol. The summed E-state index contributed by atoms with van der Waals surface area (Å²) >= 11 is 0. The molecule has 0 spiro atoms. The third-order valence-electron chi connectivity index (χ3n) is 2.18. The van der Waals surface area contributed by atoms with Crippen molar-refractivity contribution in [1.29, 1.82) is 0 Å². The van der Waals surface area contributed by atoms with Crippen molar-refractivity contribution in [2.45, 2.75) is 32.4 Å². The first kappa shape index (κ1) is 13.8. The van der Waals surface area contributed by atoms with Crippen LogP contribution in [0.15, 0.2) is 18.3 Å². The van der Waals surface area contributed by atoms with E-state index in [4.69, 9.17) is 0 Å². The summed E-state index contributed by atoms with van der Waals surface area (Å²) in [7, 11) is -3.39. The molecule has 0 aromatic carbocycles. The molecule has 1 aromatic heterocycles. The zero-order valence-corrected chi connectivity index (χ0v) is 11.4. The number of aromatic nitrogens is 1. The van der Waals surface area contributed by atoms with Crippen molar-refractivity contribution < 1.29 is 8.42 Å². The van der Waals surface area contributed by atoms with E-state index in [9.17, 15) is 8.42 Å². The first-order valence-electron chi connectivity index (χ1n) is 5.48. The van der Waals surface area contributed by atoms with Gasteiger partial charge < -0.3 is 5.32 Å². The second kappa shape index (κ2) is 4.91. The standard InChI is InChI=1S/C11H19N3O2S/c1-5-12-10-7-6-9(8-13-10)14-17(15,16)11(2,3)4/h6-8,14H,5H2,1-4H3,(H,12,13). The number of hydrogen-bond donors (Lipinski definition) is 2. The van der Waals surface area contributed by atoms with Gasteiger partial charge in [0.2, 0.25) is 10.0 Å². The van der Waals surface area contributed by atoms with E-state index < -0.39 is 14.8 Å². The van der Waals surface area contributed by atoms with E-state index in [1.807, 2.05) is 6.92 Å². The van der Waals surface area contributed by atoms with E-state index in [-0.39, 0.29) is 0 Å². The zero-order valence-electron chi connectivity index (χ0n) is 10.6. The number of nitrogens with zero attached hydrogens (tertiary/aromatic N) is 1. The van der Waals surface area contributed by atoms with Gasteiger partial charge in [0.25, 0.3) is 0 Å². The fourth-order valence-electron chi connectivity index (χ4n) is 1.05. The molecule has 0 aliphatic rings. The van der Waals surface area contributed by atoms with Gasteiger partial charge >= 0.3 is 0 Å². The fraction of sp³-hybridized carbons (Fsp3) is 0.545. The number of anilines is 2. The summed E-state index contributed by atoms with van der Waals surface area (Å²) in [5.74, 6) is 0.728. The highest BCUT2D eigenvalue weighted by atomic mass is 32.2. The van der Waals surface area contributed by atoms with Gasteiger partial charge in [0.05, 0.1) is 16.6 Å². The predicted octanol–water partition coefficient (Wildman–Crippen LogP) is 2.05. The first-order chi connectivity index (χ1) is 7.76. The summed E-state index contributed by atoms with van der Waals surface area (Å²) in [6.07, 6.45) is 1.50. The molecule has 0 unspecified atom stereocenters. The summed E-state index contributed by atoms with van der Waals surface area (Å²) in [5, 5.41) is 3.04. The Kier molecular flexibility index (Phi) is 3.98. The van der Waals surface area contributed by atoms with Gasteiger partial charge in [0, 0.05) is 6.54 Å². The van der Waals surface area contributed by atoms with Gasteiger partial charge in [-0.15, -0.1) is 0 Å². The Bertz CT molecular complexity index is 460. The van der Waals surface area contributed by atoms with Crippen LogP contribution in [0.3, 0.4) is 0 Å². The molecule has 96 valence electrons. The Morgan fingerprint density at radius 3 is 2.35 bits per heavy atom. The van der Waals surface area contributed by atoms with Crippen LogP contribution in [0.5, 0.6) is 0 Å². The molecule has 5 nitrogen and oxygen atoms in total. The average molecular weight is 257 g/mol. The quantitative estimate of drug-likeness (QED) is 0.866. The molecule has 2 N–H and O–H groups in total. The third kappa shape index (κ3) is 3.59. The van der Waals surface area contributed by atoms with E-state index in [2.05, 4.69) is 15.0 Å². The van der Waals surface area contributed by atoms with E-state index >= 15 is 0 Å². The minimum atomic E-state index is -3.39. The normalized spacial score (nSPS) is 12.2. The van der Waals surface area contributed by atoms with Crippen LogP contribution >= 0.6 is 0 Å². The summed E-state index contributed by atoms with van der Waals surface area (Å²) in [5.41, 5.74) is 0.474. The minimum absolute atomic E-state index is 0.474. The molecular formula is C11H19N3O2S. The predicted molar refractivity (Wildman–Crippen MR) is 70.7 cm³/mol. The van der Waals surface area contributed by atoms with E-state index in [1.54, 1.807) is 32.9 Å². The third-order valence-corrected chi connectivity index (χ3v) is 4.30. The molecule has 0 saturated carbocycles. The lowest BCUT2D eigenvalue weighted by molar-refractivity contribution is 0.566. The van der Waals surface area contributed by atoms with Crippen molar-refractivity contribution in [3.63, 3.8) is 0 Å². The van der Waals surface area contributed by atoms with Gasteiger partial charge in [0.1, 0.15) is 5.82 Å². The molecule has 6 heteroatoms. The van der Waals surface area contributed by atoms with Crippen molar-refractivity contribution in [2.75, 3.05) is 16.6 Å². The molecule has 0 atom stereocenters. The highest BCUT2D eigenvalue weighted by Gasteiger charge is 2.28. The molecule has 0 bridgehead atoms. The lowest BCUT2D eigenvalue weighted by Crippen LogP contribution is -2.33. The molecule has 0 fully saturated rings. The Labute approximate surface area is 103 Å². The first-order valence-corrected chi connectivity index (χ1v) is 6.97. The zero-order chi connectivity index (χ0) is 13.1. The topological polar surface area (TPSA) is 71.1 Å². The van der Waals surface area contributed by atoms with Crippen LogP contribution in [-0.4, -0.2) is 24.7 Å². The van der Waals surface area contributed by atoms with E-state index in [0.717, 1.165) is 12.4 Å². The Balaban J connectivity index is 2.83. The van der Waals surface area contributed by atoms with Crippen molar-refractivity contribution in [2.24, 2.45) is 0 Å². The van der Waals surface area contributed by atoms with Crippen LogP contribution in [-0.2, 0) is 10.0 Å². The van der Waals surface area contributed by atoms with Crippen LogP contribution in [0.25, 0.3) is 0 Å². The summed E-state index contributed by atoms with van der Waals surface area (Å²) in [4.78, 5) is 4.10. The van der Waals surface area contributed by atoms with Gasteiger partial charge in [-0.25, -0.2) is 13.4 Å². The molecule has 0 saturated heterocycles. The molecule has 1 heterocycles. The van der Waals surface area contributed by atoms with E-state index in [0.29, 0.717) is 5.69 Å². The number of nitrogens with one attached hydrogen (secondary N) is 2. The smallest absolute Gasteiger partial charge is 0.237 e. The van der Waals surface area contributed by atoms with Gasteiger partial charge in [-0.1, -0.05) is 0 Å². The Morgan fingerprint density at radius 2 is 1.94 bits per heavy atom. The van der Waals surface area contributed by atoms with Gasteiger partial charge in [-0.05, 0) is 39.8 Å². The summed E-state index contributed by atoms with van der Waals surface area (Å²) in [6.45, 7) is 7.69. The van der Waals surface area contributed by atoms with Crippen molar-refractivity contribution in [3.05, 3.63) is 18.3 Å². The van der Waals surface area contributed by atoms with Gasteiger partial charge in [-0.3, -0.25) is 4.72 Å². The molecule has 0 amide bonds. The highest BCUT2D eigenvalue weighted by Crippen LogP contribution is 2.19. The van der Waals surface area contributed by atoms with Gasteiger partial charge in [0.15, 0.2) is 0 Å². The Morgan fingerprint density at radius 1 is 1.29 bits per heavy atom. The molecule has 17 heavy (non-hydrogen) atoms. The number of sulfonamides is 1. The van der Waals surface area contributed by atoms with Crippen LogP contribution in [0.2, 0.25) is 0 Å². The van der Waals surface area contributed by atoms with Crippen molar-refractivity contribution >= 4 is 21.5 Å². The van der Waals surface area contributed by atoms with Gasteiger partial charge in [-0.2, -0.15) is 0 Å². The van der Waals surface area contributed by atoms with Crippen molar-refractivity contribution in [3.8, 4) is 0 Å².